The van der Waals surface area contributed by atoms with Gasteiger partial charge in [-0.25, -0.2) is 5.43 Å². The molecule has 3 rings (SSSR count). The summed E-state index contributed by atoms with van der Waals surface area (Å²) in [5, 5.41) is 13.2. The van der Waals surface area contributed by atoms with Crippen LogP contribution in [0.3, 0.4) is 0 Å². The van der Waals surface area contributed by atoms with Crippen LogP contribution < -0.4 is 5.43 Å². The zero-order chi connectivity index (χ0) is 22.1. The van der Waals surface area contributed by atoms with Crippen molar-refractivity contribution in [3.8, 4) is 11.4 Å². The first kappa shape index (κ1) is 22.7. The van der Waals surface area contributed by atoms with Crippen molar-refractivity contribution in [1.29, 1.82) is 0 Å². The van der Waals surface area contributed by atoms with Crippen LogP contribution in [-0.2, 0) is 11.3 Å². The summed E-state index contributed by atoms with van der Waals surface area (Å²) in [5.41, 5.74) is 5.51. The van der Waals surface area contributed by atoms with Gasteiger partial charge in [0.1, 0.15) is 0 Å². The van der Waals surface area contributed by atoms with Crippen LogP contribution in [0.1, 0.15) is 12.5 Å². The number of nitrogens with zero attached hydrogens (tertiary/aromatic N) is 4. The van der Waals surface area contributed by atoms with Crippen molar-refractivity contribution in [3.05, 3.63) is 82.9 Å². The van der Waals surface area contributed by atoms with Crippen LogP contribution in [0.15, 0.2) is 87.6 Å². The van der Waals surface area contributed by atoms with E-state index in [1.54, 1.807) is 12.3 Å². The number of rotatable bonds is 9. The average Bonchev–Trinajstić information content (AvgIpc) is 3.15. The second-order valence-corrected chi connectivity index (χ2v) is 8.59. The van der Waals surface area contributed by atoms with Crippen LogP contribution in [0, 0.1) is 0 Å². The molecule has 8 heteroatoms. The van der Waals surface area contributed by atoms with Gasteiger partial charge in [0.25, 0.3) is 5.91 Å². The van der Waals surface area contributed by atoms with E-state index >= 15 is 0 Å². The minimum absolute atomic E-state index is 0.175. The fraction of sp³-hybridized carbons (Fsp3) is 0.130. The molecule has 0 saturated carbocycles. The number of thioether (sulfide) groups is 1. The largest absolute Gasteiger partial charge is 0.298 e. The van der Waals surface area contributed by atoms with E-state index in [0.29, 0.717) is 11.7 Å². The van der Waals surface area contributed by atoms with Crippen LogP contribution >= 0.6 is 27.7 Å². The molecule has 0 fully saturated rings. The van der Waals surface area contributed by atoms with Gasteiger partial charge in [0.05, 0.1) is 5.75 Å². The summed E-state index contributed by atoms with van der Waals surface area (Å²) in [4.78, 5) is 12.1. The highest BCUT2D eigenvalue weighted by Gasteiger charge is 2.15. The van der Waals surface area contributed by atoms with Crippen LogP contribution in [0.25, 0.3) is 17.5 Å². The van der Waals surface area contributed by atoms with E-state index in [9.17, 15) is 4.79 Å². The van der Waals surface area contributed by atoms with Gasteiger partial charge in [0.15, 0.2) is 11.0 Å². The fourth-order valence-electron chi connectivity index (χ4n) is 2.65. The van der Waals surface area contributed by atoms with Crippen molar-refractivity contribution in [3.63, 3.8) is 0 Å². The first-order chi connectivity index (χ1) is 15.0. The van der Waals surface area contributed by atoms with Crippen LogP contribution in [0.2, 0.25) is 0 Å². The Labute approximate surface area is 194 Å². The van der Waals surface area contributed by atoms with E-state index in [-0.39, 0.29) is 11.7 Å². The molecule has 2 aromatic carbocycles. The lowest BCUT2D eigenvalue weighted by Crippen LogP contribution is -2.19. The number of aromatic nitrogens is 3. The van der Waals surface area contributed by atoms with Gasteiger partial charge in [-0.3, -0.25) is 9.36 Å². The highest BCUT2D eigenvalue weighted by Crippen LogP contribution is 2.26. The van der Waals surface area contributed by atoms with Crippen molar-refractivity contribution in [2.75, 3.05) is 5.75 Å². The monoisotopic (exact) mass is 495 g/mol. The molecule has 1 N–H and O–H groups in total. The number of amides is 1. The van der Waals surface area contributed by atoms with E-state index in [4.69, 9.17) is 0 Å². The molecule has 0 aliphatic heterocycles. The molecule has 0 atom stereocenters. The van der Waals surface area contributed by atoms with E-state index in [1.165, 1.54) is 11.8 Å². The smallest absolute Gasteiger partial charge is 0.250 e. The number of halogens is 1. The molecule has 0 spiro atoms. The first-order valence-corrected chi connectivity index (χ1v) is 11.3. The highest BCUT2D eigenvalue weighted by molar-refractivity contribution is 9.10. The van der Waals surface area contributed by atoms with Crippen LogP contribution in [-0.4, -0.2) is 32.6 Å². The van der Waals surface area contributed by atoms with Gasteiger partial charge in [-0.2, -0.15) is 5.10 Å². The van der Waals surface area contributed by atoms with Crippen molar-refractivity contribution in [2.45, 2.75) is 18.6 Å². The Morgan fingerprint density at radius 2 is 1.94 bits per heavy atom. The van der Waals surface area contributed by atoms with E-state index in [0.717, 1.165) is 27.0 Å². The standard InChI is InChI=1S/C23H22BrN5OS/c1-17(2)15-29-22(19-10-12-20(24)13-11-19)27-28-23(29)31-16-21(30)26-25-14-6-9-18-7-4-3-5-8-18/h3-14H,1,15-16H2,2H3,(H,26,30)/b9-6+,25-14-. The van der Waals surface area contributed by atoms with Crippen LogP contribution in [0.4, 0.5) is 0 Å². The number of carbonyl (C=O) groups is 1. The van der Waals surface area contributed by atoms with E-state index in [1.807, 2.05) is 72.2 Å². The molecule has 3 aromatic rings. The maximum atomic E-state index is 12.1. The first-order valence-electron chi connectivity index (χ1n) is 9.53. The summed E-state index contributed by atoms with van der Waals surface area (Å²) < 4.78 is 2.96. The molecule has 1 aromatic heterocycles. The normalized spacial score (nSPS) is 11.3. The molecule has 0 saturated heterocycles. The molecule has 1 amide bonds. The lowest BCUT2D eigenvalue weighted by molar-refractivity contribution is -0.118. The summed E-state index contributed by atoms with van der Waals surface area (Å²) in [5.74, 6) is 0.695. The topological polar surface area (TPSA) is 72.2 Å². The molecule has 1 heterocycles. The van der Waals surface area contributed by atoms with Crippen LogP contribution in [0.5, 0.6) is 0 Å². The Morgan fingerprint density at radius 1 is 1.19 bits per heavy atom. The van der Waals surface area contributed by atoms with Gasteiger partial charge in [-0.15, -0.1) is 10.2 Å². The lowest BCUT2D eigenvalue weighted by atomic mass is 10.2. The molecule has 0 aliphatic carbocycles. The molecule has 0 unspecified atom stereocenters. The zero-order valence-corrected chi connectivity index (χ0v) is 19.4. The van der Waals surface area contributed by atoms with Gasteiger partial charge < -0.3 is 0 Å². The molecule has 0 aliphatic rings. The number of benzene rings is 2. The maximum Gasteiger partial charge on any atom is 0.250 e. The molecular weight excluding hydrogens is 474 g/mol. The number of carbonyl (C=O) groups excluding carboxylic acids is 1. The summed E-state index contributed by atoms with van der Waals surface area (Å²) >= 11 is 4.76. The molecule has 31 heavy (non-hydrogen) atoms. The van der Waals surface area contributed by atoms with Crippen molar-refractivity contribution < 1.29 is 4.79 Å². The fourth-order valence-corrected chi connectivity index (χ4v) is 3.65. The highest BCUT2D eigenvalue weighted by atomic mass is 79.9. The molecule has 6 nitrogen and oxygen atoms in total. The second kappa shape index (κ2) is 11.4. The third-order valence-electron chi connectivity index (χ3n) is 4.02. The number of nitrogens with one attached hydrogen (secondary N) is 1. The third-order valence-corrected chi connectivity index (χ3v) is 5.51. The van der Waals surface area contributed by atoms with Crippen molar-refractivity contribution >= 4 is 45.9 Å². The number of allylic oxidation sites excluding steroid dienone is 2. The van der Waals surface area contributed by atoms with Gasteiger partial charge in [0, 0.05) is 22.8 Å². The predicted molar refractivity (Wildman–Crippen MR) is 131 cm³/mol. The minimum Gasteiger partial charge on any atom is -0.298 e. The Morgan fingerprint density at radius 3 is 2.65 bits per heavy atom. The van der Waals surface area contributed by atoms with Gasteiger partial charge in [-0.05, 0) is 30.7 Å². The van der Waals surface area contributed by atoms with Gasteiger partial charge in [-0.1, -0.05) is 88.4 Å². The quantitative estimate of drug-likeness (QED) is 0.192. The maximum absolute atomic E-state index is 12.1. The summed E-state index contributed by atoms with van der Waals surface area (Å²) in [6.45, 7) is 6.52. The summed E-state index contributed by atoms with van der Waals surface area (Å²) in [7, 11) is 0. The molecule has 0 bridgehead atoms. The van der Waals surface area contributed by atoms with Gasteiger partial charge in [0.2, 0.25) is 0 Å². The Balaban J connectivity index is 1.59. The van der Waals surface area contributed by atoms with E-state index < -0.39 is 0 Å². The second-order valence-electron chi connectivity index (χ2n) is 6.73. The third kappa shape index (κ3) is 7.04. The SMILES string of the molecule is C=C(C)Cn1c(SCC(=O)N/N=C\C=C\c2ccccc2)nnc1-c1ccc(Br)cc1. The summed E-state index contributed by atoms with van der Waals surface area (Å²) in [6.07, 6.45) is 5.23. The van der Waals surface area contributed by atoms with Crippen molar-refractivity contribution in [1.82, 2.24) is 20.2 Å². The number of hydrogen-bond acceptors (Lipinski definition) is 5. The summed E-state index contributed by atoms with van der Waals surface area (Å²) in [6, 6.07) is 17.7. The van der Waals surface area contributed by atoms with Gasteiger partial charge >= 0.3 is 0 Å². The Kier molecular flexibility index (Phi) is 8.37. The van der Waals surface area contributed by atoms with E-state index in [2.05, 4.69) is 43.2 Å². The molecular formula is C23H22BrN5OS. The Hall–Kier alpha value is -2.97. The lowest BCUT2D eigenvalue weighted by Gasteiger charge is -2.10. The minimum atomic E-state index is -0.218. The zero-order valence-electron chi connectivity index (χ0n) is 17.0. The predicted octanol–water partition coefficient (Wildman–Crippen LogP) is 5.19. The molecule has 0 radical (unpaired) electrons. The van der Waals surface area contributed by atoms with Crippen molar-refractivity contribution in [2.24, 2.45) is 5.10 Å². The Bertz CT molecular complexity index is 1090. The molecule has 158 valence electrons. The number of hydrogen-bond donors (Lipinski definition) is 1. The number of hydrazone groups is 1. The average molecular weight is 496 g/mol.